The minimum atomic E-state index is -0.682. The number of amides is 3. The molecule has 140 valence electrons. The number of rotatable bonds is 6. The van der Waals surface area contributed by atoms with E-state index >= 15 is 0 Å². The predicted octanol–water partition coefficient (Wildman–Crippen LogP) is 2.40. The number of anilines is 3. The van der Waals surface area contributed by atoms with Gasteiger partial charge in [0.25, 0.3) is 5.91 Å². The average molecular weight is 369 g/mol. The lowest BCUT2D eigenvalue weighted by molar-refractivity contribution is -0.119. The highest BCUT2D eigenvalue weighted by atomic mass is 16.5. The van der Waals surface area contributed by atoms with Crippen molar-refractivity contribution in [3.05, 3.63) is 54.1 Å². The molecule has 0 atom stereocenters. The second kappa shape index (κ2) is 9.14. The summed E-state index contributed by atoms with van der Waals surface area (Å²) in [5.41, 5.74) is 1.78. The zero-order chi connectivity index (χ0) is 19.8. The largest absolute Gasteiger partial charge is 0.452 e. The lowest BCUT2D eigenvalue weighted by atomic mass is 10.2. The van der Waals surface area contributed by atoms with E-state index < -0.39 is 18.5 Å². The summed E-state index contributed by atoms with van der Waals surface area (Å²) in [5, 5.41) is 7.76. The quantitative estimate of drug-likeness (QED) is 0.677. The summed E-state index contributed by atoms with van der Waals surface area (Å²) in [6, 6.07) is 12.7. The van der Waals surface area contributed by atoms with Gasteiger partial charge in [-0.2, -0.15) is 0 Å². The Morgan fingerprint density at radius 2 is 1.33 bits per heavy atom. The Labute approximate surface area is 155 Å². The van der Waals surface area contributed by atoms with Gasteiger partial charge in [-0.15, -0.1) is 0 Å². The summed E-state index contributed by atoms with van der Waals surface area (Å²) in [7, 11) is 0. The van der Waals surface area contributed by atoms with Crippen molar-refractivity contribution in [2.24, 2.45) is 0 Å². The van der Waals surface area contributed by atoms with E-state index in [-0.39, 0.29) is 17.4 Å². The average Bonchev–Trinajstić information content (AvgIpc) is 2.60. The molecule has 0 bridgehead atoms. The fourth-order valence-corrected chi connectivity index (χ4v) is 2.18. The minimum Gasteiger partial charge on any atom is -0.452 e. The fourth-order valence-electron chi connectivity index (χ4n) is 2.18. The molecule has 8 nitrogen and oxygen atoms in total. The topological polar surface area (TPSA) is 114 Å². The summed E-state index contributed by atoms with van der Waals surface area (Å²) in [6.45, 7) is 2.30. The number of hydrogen-bond donors (Lipinski definition) is 3. The lowest BCUT2D eigenvalue weighted by Crippen LogP contribution is -2.21. The summed E-state index contributed by atoms with van der Waals surface area (Å²) < 4.78 is 4.98. The predicted molar refractivity (Wildman–Crippen MR) is 100 cm³/mol. The van der Waals surface area contributed by atoms with Crippen molar-refractivity contribution in [3.8, 4) is 0 Å². The van der Waals surface area contributed by atoms with Gasteiger partial charge in [-0.05, 0) is 42.5 Å². The number of nitrogens with one attached hydrogen (secondary N) is 3. The first-order valence-corrected chi connectivity index (χ1v) is 8.06. The smallest absolute Gasteiger partial charge is 0.338 e. The molecule has 0 aromatic heterocycles. The maximum atomic E-state index is 12.0. The SMILES string of the molecule is CC(=O)Nc1ccc(NC(=O)COC(=O)c2cccc(NC(C)=O)c2)cc1. The van der Waals surface area contributed by atoms with Crippen LogP contribution in [0, 0.1) is 0 Å². The van der Waals surface area contributed by atoms with Crippen LogP contribution < -0.4 is 16.0 Å². The van der Waals surface area contributed by atoms with E-state index in [4.69, 9.17) is 4.74 Å². The standard InChI is InChI=1S/C19H19N3O5/c1-12(23)20-15-6-8-16(9-7-15)22-18(25)11-27-19(26)14-4-3-5-17(10-14)21-13(2)24/h3-10H,11H2,1-2H3,(H,20,23)(H,21,24)(H,22,25). The van der Waals surface area contributed by atoms with Gasteiger partial charge in [0, 0.05) is 30.9 Å². The molecule has 0 saturated carbocycles. The molecule has 2 aromatic carbocycles. The Morgan fingerprint density at radius 1 is 0.778 bits per heavy atom. The lowest BCUT2D eigenvalue weighted by Gasteiger charge is -2.08. The van der Waals surface area contributed by atoms with Crippen LogP contribution in [0.2, 0.25) is 0 Å². The summed E-state index contributed by atoms with van der Waals surface area (Å²) >= 11 is 0. The molecule has 0 unspecified atom stereocenters. The highest BCUT2D eigenvalue weighted by Crippen LogP contribution is 2.14. The molecular formula is C19H19N3O5. The Kier molecular flexibility index (Phi) is 6.65. The van der Waals surface area contributed by atoms with Crippen LogP contribution in [-0.4, -0.2) is 30.3 Å². The molecule has 0 aliphatic carbocycles. The molecule has 27 heavy (non-hydrogen) atoms. The molecule has 0 aliphatic heterocycles. The maximum Gasteiger partial charge on any atom is 0.338 e. The van der Waals surface area contributed by atoms with Gasteiger partial charge in [-0.1, -0.05) is 6.07 Å². The summed E-state index contributed by atoms with van der Waals surface area (Å²) in [6.07, 6.45) is 0. The molecule has 0 fully saturated rings. The van der Waals surface area contributed by atoms with E-state index in [9.17, 15) is 19.2 Å². The molecular weight excluding hydrogens is 350 g/mol. The van der Waals surface area contributed by atoms with E-state index in [1.807, 2.05) is 0 Å². The van der Waals surface area contributed by atoms with Crippen molar-refractivity contribution in [1.82, 2.24) is 0 Å². The zero-order valence-corrected chi connectivity index (χ0v) is 14.9. The van der Waals surface area contributed by atoms with Crippen molar-refractivity contribution in [2.75, 3.05) is 22.6 Å². The second-order valence-electron chi connectivity index (χ2n) is 5.64. The third kappa shape index (κ3) is 6.62. The van der Waals surface area contributed by atoms with Crippen molar-refractivity contribution < 1.29 is 23.9 Å². The van der Waals surface area contributed by atoms with Crippen LogP contribution in [0.5, 0.6) is 0 Å². The summed E-state index contributed by atoms with van der Waals surface area (Å²) in [5.74, 6) is -1.64. The van der Waals surface area contributed by atoms with Crippen molar-refractivity contribution in [3.63, 3.8) is 0 Å². The van der Waals surface area contributed by atoms with Gasteiger partial charge in [0.1, 0.15) is 0 Å². The van der Waals surface area contributed by atoms with Crippen molar-refractivity contribution in [1.29, 1.82) is 0 Å². The van der Waals surface area contributed by atoms with Crippen LogP contribution in [0.25, 0.3) is 0 Å². The van der Waals surface area contributed by atoms with Gasteiger partial charge < -0.3 is 20.7 Å². The van der Waals surface area contributed by atoms with E-state index in [2.05, 4.69) is 16.0 Å². The molecule has 0 spiro atoms. The Hall–Kier alpha value is -3.68. The van der Waals surface area contributed by atoms with Gasteiger partial charge in [0.15, 0.2) is 6.61 Å². The first-order valence-electron chi connectivity index (χ1n) is 8.06. The molecule has 0 saturated heterocycles. The van der Waals surface area contributed by atoms with Crippen LogP contribution in [-0.2, 0) is 19.1 Å². The van der Waals surface area contributed by atoms with E-state index in [0.717, 1.165) is 0 Å². The van der Waals surface area contributed by atoms with Crippen LogP contribution in [0.1, 0.15) is 24.2 Å². The van der Waals surface area contributed by atoms with Gasteiger partial charge in [-0.25, -0.2) is 4.79 Å². The first kappa shape index (κ1) is 19.6. The van der Waals surface area contributed by atoms with Crippen LogP contribution >= 0.6 is 0 Å². The van der Waals surface area contributed by atoms with Gasteiger partial charge in [-0.3, -0.25) is 14.4 Å². The van der Waals surface area contributed by atoms with Gasteiger partial charge in [0.2, 0.25) is 11.8 Å². The Bertz CT molecular complexity index is 862. The molecule has 8 heteroatoms. The van der Waals surface area contributed by atoms with Crippen molar-refractivity contribution in [2.45, 2.75) is 13.8 Å². The van der Waals surface area contributed by atoms with Crippen LogP contribution in [0.15, 0.2) is 48.5 Å². The monoisotopic (exact) mass is 369 g/mol. The van der Waals surface area contributed by atoms with Crippen LogP contribution in [0.3, 0.4) is 0 Å². The van der Waals surface area contributed by atoms with Gasteiger partial charge in [0.05, 0.1) is 5.56 Å². The fraction of sp³-hybridized carbons (Fsp3) is 0.158. The van der Waals surface area contributed by atoms with E-state index in [0.29, 0.717) is 17.1 Å². The molecule has 3 amide bonds. The zero-order valence-electron chi connectivity index (χ0n) is 14.9. The number of hydrogen-bond acceptors (Lipinski definition) is 5. The van der Waals surface area contributed by atoms with Gasteiger partial charge >= 0.3 is 5.97 Å². The highest BCUT2D eigenvalue weighted by molar-refractivity contribution is 5.97. The number of ether oxygens (including phenoxy) is 1. The van der Waals surface area contributed by atoms with E-state index in [1.54, 1.807) is 36.4 Å². The second-order valence-corrected chi connectivity index (χ2v) is 5.64. The van der Waals surface area contributed by atoms with Crippen LogP contribution in [0.4, 0.5) is 17.1 Å². The minimum absolute atomic E-state index is 0.193. The number of esters is 1. The molecule has 0 aliphatic rings. The maximum absolute atomic E-state index is 12.0. The molecule has 0 heterocycles. The molecule has 2 aromatic rings. The first-order chi connectivity index (χ1) is 12.8. The third-order valence-electron chi connectivity index (χ3n) is 3.24. The molecule has 0 radical (unpaired) electrons. The number of carbonyl (C=O) groups is 4. The summed E-state index contributed by atoms with van der Waals surface area (Å²) in [4.78, 5) is 46.0. The normalized spacial score (nSPS) is 9.85. The highest BCUT2D eigenvalue weighted by Gasteiger charge is 2.11. The Morgan fingerprint density at radius 3 is 1.93 bits per heavy atom. The van der Waals surface area contributed by atoms with Crippen molar-refractivity contribution >= 4 is 40.8 Å². The number of benzene rings is 2. The third-order valence-corrected chi connectivity index (χ3v) is 3.24. The molecule has 2 rings (SSSR count). The Balaban J connectivity index is 1.87. The molecule has 3 N–H and O–H groups in total. The van der Waals surface area contributed by atoms with E-state index in [1.165, 1.54) is 26.0 Å². The number of carbonyl (C=O) groups excluding carboxylic acids is 4.